The highest BCUT2D eigenvalue weighted by Gasteiger charge is 2.32. The van der Waals surface area contributed by atoms with Gasteiger partial charge in [0.15, 0.2) is 0 Å². The number of nitrogens with two attached hydrogens (primary N) is 1. The highest BCUT2D eigenvalue weighted by atomic mass is 32.1. The van der Waals surface area contributed by atoms with Crippen molar-refractivity contribution in [2.45, 2.75) is 19.4 Å². The minimum absolute atomic E-state index is 0.197. The van der Waals surface area contributed by atoms with E-state index < -0.39 is 0 Å². The van der Waals surface area contributed by atoms with Crippen LogP contribution >= 0.6 is 12.2 Å². The van der Waals surface area contributed by atoms with Crippen molar-refractivity contribution >= 4 is 22.9 Å². The third-order valence-electron chi connectivity index (χ3n) is 3.87. The monoisotopic (exact) mass is 281 g/mol. The van der Waals surface area contributed by atoms with Gasteiger partial charge in [-0.05, 0) is 38.1 Å². The largest absolute Gasteiger partial charge is 0.392 e. The van der Waals surface area contributed by atoms with Crippen LogP contribution in [0, 0.1) is 5.82 Å². The first-order valence-corrected chi connectivity index (χ1v) is 6.87. The van der Waals surface area contributed by atoms with Crippen molar-refractivity contribution < 1.29 is 4.39 Å². The van der Waals surface area contributed by atoms with Gasteiger partial charge in [0, 0.05) is 31.9 Å². The first-order chi connectivity index (χ1) is 8.91. The molecule has 0 amide bonds. The molecule has 19 heavy (non-hydrogen) atoms. The number of nitrogens with zero attached hydrogens (tertiary/aromatic N) is 2. The zero-order valence-corrected chi connectivity index (χ0v) is 12.2. The van der Waals surface area contributed by atoms with Crippen LogP contribution in [0.4, 0.5) is 10.1 Å². The van der Waals surface area contributed by atoms with Gasteiger partial charge in [0.2, 0.25) is 0 Å². The van der Waals surface area contributed by atoms with Crippen LogP contribution in [0.3, 0.4) is 0 Å². The summed E-state index contributed by atoms with van der Waals surface area (Å²) in [5.74, 6) is -0.197. The van der Waals surface area contributed by atoms with Gasteiger partial charge in [0.1, 0.15) is 5.82 Å². The summed E-state index contributed by atoms with van der Waals surface area (Å²) in [5, 5.41) is 0. The zero-order chi connectivity index (χ0) is 14.0. The van der Waals surface area contributed by atoms with Crippen molar-refractivity contribution in [3.8, 4) is 0 Å². The number of thiocarbonyl (C=S) groups is 1. The minimum Gasteiger partial charge on any atom is -0.392 e. The summed E-state index contributed by atoms with van der Waals surface area (Å²) in [6, 6.07) is 6.65. The molecule has 1 heterocycles. The lowest BCUT2D eigenvalue weighted by molar-refractivity contribution is 0.168. The lowest BCUT2D eigenvalue weighted by Crippen LogP contribution is -2.59. The quantitative estimate of drug-likeness (QED) is 0.859. The smallest absolute Gasteiger partial charge is 0.123 e. The topological polar surface area (TPSA) is 32.5 Å². The van der Waals surface area contributed by atoms with Crippen LogP contribution in [0.15, 0.2) is 24.3 Å². The van der Waals surface area contributed by atoms with Gasteiger partial charge in [-0.15, -0.1) is 0 Å². The molecular weight excluding hydrogens is 261 g/mol. The van der Waals surface area contributed by atoms with Crippen LogP contribution in [0.5, 0.6) is 0 Å². The molecule has 0 saturated carbocycles. The molecule has 0 atom stereocenters. The van der Waals surface area contributed by atoms with E-state index in [1.807, 2.05) is 12.1 Å². The number of piperazine rings is 1. The maximum atomic E-state index is 12.9. The van der Waals surface area contributed by atoms with E-state index >= 15 is 0 Å². The maximum Gasteiger partial charge on any atom is 0.123 e. The summed E-state index contributed by atoms with van der Waals surface area (Å²) in [7, 11) is 0. The normalized spacial score (nSPS) is 17.5. The van der Waals surface area contributed by atoms with Gasteiger partial charge in [-0.3, -0.25) is 4.90 Å². The molecule has 104 valence electrons. The van der Waals surface area contributed by atoms with Gasteiger partial charge >= 0.3 is 0 Å². The number of halogens is 1. The lowest BCUT2D eigenvalue weighted by atomic mass is 10.0. The molecule has 1 aromatic rings. The number of hydrogen-bond acceptors (Lipinski definition) is 3. The van der Waals surface area contributed by atoms with E-state index in [4.69, 9.17) is 18.0 Å². The summed E-state index contributed by atoms with van der Waals surface area (Å²) in [5.41, 5.74) is 6.62. The number of anilines is 1. The van der Waals surface area contributed by atoms with E-state index in [1.54, 1.807) is 0 Å². The summed E-state index contributed by atoms with van der Waals surface area (Å²) in [6.45, 7) is 7.73. The fraction of sp³-hybridized carbons (Fsp3) is 0.500. The minimum atomic E-state index is -0.246. The summed E-state index contributed by atoms with van der Waals surface area (Å²) < 4.78 is 12.9. The highest BCUT2D eigenvalue weighted by molar-refractivity contribution is 7.80. The van der Waals surface area contributed by atoms with Gasteiger partial charge in [0.25, 0.3) is 0 Å². The van der Waals surface area contributed by atoms with Crippen LogP contribution in [-0.2, 0) is 0 Å². The molecule has 1 fully saturated rings. The van der Waals surface area contributed by atoms with Gasteiger partial charge in [-0.25, -0.2) is 4.39 Å². The van der Waals surface area contributed by atoms with Gasteiger partial charge in [0.05, 0.1) is 10.5 Å². The SMILES string of the molecule is CC(C)(C(N)=S)N1CCN(c2ccc(F)cc2)CC1. The van der Waals surface area contributed by atoms with Crippen molar-refractivity contribution in [2.75, 3.05) is 31.1 Å². The van der Waals surface area contributed by atoms with Gasteiger partial charge in [-0.1, -0.05) is 12.2 Å². The summed E-state index contributed by atoms with van der Waals surface area (Å²) >= 11 is 5.13. The predicted octanol–water partition coefficient (Wildman–Crippen LogP) is 2.01. The number of benzene rings is 1. The molecule has 1 aliphatic heterocycles. The summed E-state index contributed by atoms with van der Waals surface area (Å²) in [4.78, 5) is 5.09. The fourth-order valence-electron chi connectivity index (χ4n) is 2.33. The molecule has 3 nitrogen and oxygen atoms in total. The Kier molecular flexibility index (Phi) is 4.06. The number of hydrogen-bond donors (Lipinski definition) is 1. The molecule has 0 unspecified atom stereocenters. The second-order valence-corrected chi connectivity index (χ2v) is 5.81. The first-order valence-electron chi connectivity index (χ1n) is 6.47. The van der Waals surface area contributed by atoms with E-state index in [9.17, 15) is 4.39 Å². The van der Waals surface area contributed by atoms with E-state index in [2.05, 4.69) is 23.6 Å². The van der Waals surface area contributed by atoms with Crippen LogP contribution < -0.4 is 10.6 Å². The maximum absolute atomic E-state index is 12.9. The van der Waals surface area contributed by atoms with Crippen molar-refractivity contribution in [1.82, 2.24) is 4.90 Å². The van der Waals surface area contributed by atoms with Crippen LogP contribution in [0.25, 0.3) is 0 Å². The highest BCUT2D eigenvalue weighted by Crippen LogP contribution is 2.21. The zero-order valence-electron chi connectivity index (χ0n) is 11.4. The molecule has 5 heteroatoms. The Morgan fingerprint density at radius 2 is 1.68 bits per heavy atom. The molecule has 1 aliphatic rings. The van der Waals surface area contributed by atoms with E-state index in [1.165, 1.54) is 12.1 Å². The molecule has 1 aromatic carbocycles. The molecule has 2 rings (SSSR count). The third-order valence-corrected chi connectivity index (χ3v) is 4.36. The second kappa shape index (κ2) is 5.43. The molecule has 0 spiro atoms. The molecular formula is C14H20FN3S. The Morgan fingerprint density at radius 1 is 1.16 bits per heavy atom. The van der Waals surface area contributed by atoms with E-state index in [0.717, 1.165) is 31.9 Å². The van der Waals surface area contributed by atoms with Crippen molar-refractivity contribution in [3.63, 3.8) is 0 Å². The molecule has 0 aromatic heterocycles. The first kappa shape index (κ1) is 14.2. The lowest BCUT2D eigenvalue weighted by Gasteiger charge is -2.44. The van der Waals surface area contributed by atoms with Crippen LogP contribution in [0.1, 0.15) is 13.8 Å². The standard InChI is InChI=1S/C14H20FN3S/c1-14(2,13(16)19)18-9-7-17(8-10-18)12-5-3-11(15)4-6-12/h3-6H,7-10H2,1-2H3,(H2,16,19). The molecule has 1 saturated heterocycles. The van der Waals surface area contributed by atoms with E-state index in [0.29, 0.717) is 4.99 Å². The van der Waals surface area contributed by atoms with E-state index in [-0.39, 0.29) is 11.4 Å². The van der Waals surface area contributed by atoms with Gasteiger partial charge in [-0.2, -0.15) is 0 Å². The Bertz CT molecular complexity index is 450. The van der Waals surface area contributed by atoms with Crippen molar-refractivity contribution in [3.05, 3.63) is 30.1 Å². The third kappa shape index (κ3) is 3.04. The Labute approximate surface area is 119 Å². The van der Waals surface area contributed by atoms with Crippen LogP contribution in [0.2, 0.25) is 0 Å². The van der Waals surface area contributed by atoms with Crippen LogP contribution in [-0.4, -0.2) is 41.6 Å². The number of rotatable bonds is 3. The predicted molar refractivity (Wildman–Crippen MR) is 81.1 cm³/mol. The van der Waals surface area contributed by atoms with Crippen molar-refractivity contribution in [1.29, 1.82) is 0 Å². The Hall–Kier alpha value is -1.20. The molecule has 2 N–H and O–H groups in total. The second-order valence-electron chi connectivity index (χ2n) is 5.37. The Morgan fingerprint density at radius 3 is 2.16 bits per heavy atom. The molecule has 0 bridgehead atoms. The summed E-state index contributed by atoms with van der Waals surface area (Å²) in [6.07, 6.45) is 0. The average Bonchev–Trinajstić information content (AvgIpc) is 2.39. The average molecular weight is 281 g/mol. The van der Waals surface area contributed by atoms with Gasteiger partial charge < -0.3 is 10.6 Å². The Balaban J connectivity index is 1.99. The molecule has 0 aliphatic carbocycles. The molecule has 0 radical (unpaired) electrons. The fourth-order valence-corrected chi connectivity index (χ4v) is 2.46. The van der Waals surface area contributed by atoms with Crippen molar-refractivity contribution in [2.24, 2.45) is 5.73 Å².